The van der Waals surface area contributed by atoms with Gasteiger partial charge in [-0.05, 0) is 73.0 Å². The predicted molar refractivity (Wildman–Crippen MR) is 109 cm³/mol. The van der Waals surface area contributed by atoms with Crippen LogP contribution in [0.1, 0.15) is 93.7 Å². The molecule has 2 aromatic rings. The van der Waals surface area contributed by atoms with E-state index in [4.69, 9.17) is 0 Å². The number of nitrogens with zero attached hydrogens (tertiary/aromatic N) is 2. The molecule has 1 heterocycles. The Bertz CT molecular complexity index is 627. The van der Waals surface area contributed by atoms with Crippen molar-refractivity contribution in [1.29, 1.82) is 0 Å². The molecule has 0 N–H and O–H groups in total. The summed E-state index contributed by atoms with van der Waals surface area (Å²) in [6.45, 7) is 4.58. The van der Waals surface area contributed by atoms with E-state index in [1.807, 2.05) is 12.4 Å². The molecule has 0 bridgehead atoms. The van der Waals surface area contributed by atoms with Gasteiger partial charge in [0.2, 0.25) is 0 Å². The average Bonchev–Trinajstić information content (AvgIpc) is 2.72. The van der Waals surface area contributed by atoms with E-state index in [0.717, 1.165) is 24.7 Å². The summed E-state index contributed by atoms with van der Waals surface area (Å²) in [4.78, 5) is 8.31. The molecule has 1 saturated carbocycles. The zero-order valence-electron chi connectivity index (χ0n) is 16.5. The molecule has 1 aliphatic carbocycles. The number of hydrogen-bond donors (Lipinski definition) is 0. The normalized spacial score (nSPS) is 21.5. The van der Waals surface area contributed by atoms with Crippen LogP contribution in [0.4, 0.5) is 0 Å². The highest BCUT2D eigenvalue weighted by molar-refractivity contribution is 5.29. The number of aromatic nitrogens is 2. The van der Waals surface area contributed by atoms with Crippen LogP contribution in [0.25, 0.3) is 0 Å². The Labute approximate surface area is 159 Å². The second kappa shape index (κ2) is 9.85. The van der Waals surface area contributed by atoms with Crippen LogP contribution >= 0.6 is 0 Å². The molecule has 2 nitrogen and oxygen atoms in total. The van der Waals surface area contributed by atoms with Gasteiger partial charge in [0.1, 0.15) is 6.33 Å². The van der Waals surface area contributed by atoms with E-state index in [-0.39, 0.29) is 0 Å². The lowest BCUT2D eigenvalue weighted by molar-refractivity contribution is 0.304. The molecule has 0 saturated heterocycles. The molecule has 1 unspecified atom stereocenters. The molecule has 26 heavy (non-hydrogen) atoms. The van der Waals surface area contributed by atoms with Crippen molar-refractivity contribution in [2.24, 2.45) is 5.92 Å². The Balaban J connectivity index is 1.57. The largest absolute Gasteiger partial charge is 0.245 e. The summed E-state index contributed by atoms with van der Waals surface area (Å²) >= 11 is 0. The number of hydrogen-bond acceptors (Lipinski definition) is 2. The molecule has 0 radical (unpaired) electrons. The van der Waals surface area contributed by atoms with Crippen molar-refractivity contribution in [1.82, 2.24) is 9.97 Å². The summed E-state index contributed by atoms with van der Waals surface area (Å²) in [5, 5.41) is 0. The fourth-order valence-electron chi connectivity index (χ4n) is 4.54. The lowest BCUT2D eigenvalue weighted by Crippen LogP contribution is -2.13. The van der Waals surface area contributed by atoms with Crippen LogP contribution in [0.3, 0.4) is 0 Å². The van der Waals surface area contributed by atoms with E-state index in [0.29, 0.717) is 5.92 Å². The highest BCUT2D eigenvalue weighted by atomic mass is 14.8. The van der Waals surface area contributed by atoms with Gasteiger partial charge in [0, 0.05) is 12.4 Å². The quantitative estimate of drug-likeness (QED) is 0.531. The van der Waals surface area contributed by atoms with E-state index < -0.39 is 0 Å². The van der Waals surface area contributed by atoms with Crippen LogP contribution in [-0.2, 0) is 6.42 Å². The van der Waals surface area contributed by atoms with Crippen LogP contribution in [-0.4, -0.2) is 9.97 Å². The predicted octanol–water partition coefficient (Wildman–Crippen LogP) is 6.68. The summed E-state index contributed by atoms with van der Waals surface area (Å²) in [5.74, 6) is 2.33. The highest BCUT2D eigenvalue weighted by Crippen LogP contribution is 2.38. The van der Waals surface area contributed by atoms with Gasteiger partial charge < -0.3 is 0 Å². The van der Waals surface area contributed by atoms with E-state index in [9.17, 15) is 0 Å². The molecule has 1 aliphatic rings. The van der Waals surface area contributed by atoms with Gasteiger partial charge in [0.25, 0.3) is 0 Å². The maximum Gasteiger partial charge on any atom is 0.115 e. The average molecular weight is 351 g/mol. The summed E-state index contributed by atoms with van der Waals surface area (Å²) in [6.07, 6.45) is 17.5. The minimum absolute atomic E-state index is 0.555. The molecule has 2 heteroatoms. The van der Waals surface area contributed by atoms with Gasteiger partial charge in [-0.1, -0.05) is 57.4 Å². The first-order valence-corrected chi connectivity index (χ1v) is 10.6. The summed E-state index contributed by atoms with van der Waals surface area (Å²) in [6, 6.07) is 9.54. The molecule has 140 valence electrons. The van der Waals surface area contributed by atoms with E-state index in [1.165, 1.54) is 56.1 Å². The molecule has 1 atom stereocenters. The Morgan fingerprint density at radius 1 is 0.962 bits per heavy atom. The van der Waals surface area contributed by atoms with E-state index >= 15 is 0 Å². The zero-order valence-corrected chi connectivity index (χ0v) is 16.5. The molecule has 0 aliphatic heterocycles. The molecule has 0 spiro atoms. The minimum Gasteiger partial charge on any atom is -0.245 e. The molecule has 3 rings (SSSR count). The van der Waals surface area contributed by atoms with Gasteiger partial charge in [0.05, 0.1) is 0 Å². The van der Waals surface area contributed by atoms with Crippen molar-refractivity contribution in [3.63, 3.8) is 0 Å². The van der Waals surface area contributed by atoms with Crippen LogP contribution < -0.4 is 0 Å². The maximum absolute atomic E-state index is 4.15. The Hall–Kier alpha value is -1.70. The summed E-state index contributed by atoms with van der Waals surface area (Å²) < 4.78 is 0. The first kappa shape index (κ1) is 19.1. The van der Waals surface area contributed by atoms with Crippen LogP contribution in [0.2, 0.25) is 0 Å². The van der Waals surface area contributed by atoms with Crippen LogP contribution in [0.5, 0.6) is 0 Å². The monoisotopic (exact) mass is 350 g/mol. The van der Waals surface area contributed by atoms with Crippen molar-refractivity contribution in [2.75, 3.05) is 0 Å². The van der Waals surface area contributed by atoms with Crippen molar-refractivity contribution >= 4 is 0 Å². The molecule has 1 fully saturated rings. The smallest absolute Gasteiger partial charge is 0.115 e. The topological polar surface area (TPSA) is 25.8 Å². The SMILES string of the molecule is CCCCC1CCC(c2ccc(C(CC)Cc3cncnc3)cc2)CC1. The van der Waals surface area contributed by atoms with Gasteiger partial charge in [0.15, 0.2) is 0 Å². The van der Waals surface area contributed by atoms with Gasteiger partial charge >= 0.3 is 0 Å². The molecule has 1 aromatic heterocycles. The van der Waals surface area contributed by atoms with Crippen LogP contribution in [0.15, 0.2) is 43.0 Å². The first-order valence-electron chi connectivity index (χ1n) is 10.6. The van der Waals surface area contributed by atoms with Gasteiger partial charge in [-0.15, -0.1) is 0 Å². The lowest BCUT2D eigenvalue weighted by Gasteiger charge is -2.29. The third-order valence-electron chi connectivity index (χ3n) is 6.28. The molecular weight excluding hydrogens is 316 g/mol. The second-order valence-electron chi connectivity index (χ2n) is 8.08. The molecular formula is C24H34N2. The lowest BCUT2D eigenvalue weighted by atomic mass is 9.76. The van der Waals surface area contributed by atoms with Crippen LogP contribution in [0, 0.1) is 5.92 Å². The zero-order chi connectivity index (χ0) is 18.2. The van der Waals surface area contributed by atoms with E-state index in [2.05, 4.69) is 48.1 Å². The van der Waals surface area contributed by atoms with Crippen molar-refractivity contribution < 1.29 is 0 Å². The Kier molecular flexibility index (Phi) is 7.22. The Morgan fingerprint density at radius 3 is 2.27 bits per heavy atom. The van der Waals surface area contributed by atoms with Crippen molar-refractivity contribution in [2.45, 2.75) is 83.5 Å². The molecule has 0 amide bonds. The highest BCUT2D eigenvalue weighted by Gasteiger charge is 2.22. The fraction of sp³-hybridized carbons (Fsp3) is 0.583. The fourth-order valence-corrected chi connectivity index (χ4v) is 4.54. The first-order chi connectivity index (χ1) is 12.8. The van der Waals surface area contributed by atoms with E-state index in [1.54, 1.807) is 11.9 Å². The minimum atomic E-state index is 0.555. The van der Waals surface area contributed by atoms with Crippen molar-refractivity contribution in [3.8, 4) is 0 Å². The van der Waals surface area contributed by atoms with Gasteiger partial charge in [-0.3, -0.25) is 0 Å². The third kappa shape index (κ3) is 5.16. The number of rotatable bonds is 8. The molecule has 1 aromatic carbocycles. The summed E-state index contributed by atoms with van der Waals surface area (Å²) in [5.41, 5.74) is 4.24. The van der Waals surface area contributed by atoms with Gasteiger partial charge in [-0.25, -0.2) is 9.97 Å². The van der Waals surface area contributed by atoms with Gasteiger partial charge in [-0.2, -0.15) is 0 Å². The van der Waals surface area contributed by atoms with Crippen molar-refractivity contribution in [3.05, 3.63) is 59.7 Å². The number of benzene rings is 1. The third-order valence-corrected chi connectivity index (χ3v) is 6.28. The standard InChI is InChI=1S/C24H34N2/c1-3-5-6-19-7-9-23(10-8-19)24-13-11-22(12-14-24)21(4-2)15-20-16-25-18-26-17-20/h11-14,16-19,21,23H,3-10,15H2,1-2H3. The Morgan fingerprint density at radius 2 is 1.65 bits per heavy atom. The second-order valence-corrected chi connectivity index (χ2v) is 8.08. The number of unbranched alkanes of at least 4 members (excludes halogenated alkanes) is 1. The summed E-state index contributed by atoms with van der Waals surface area (Å²) in [7, 11) is 0. The maximum atomic E-state index is 4.15.